The van der Waals surface area contributed by atoms with Gasteiger partial charge in [0.1, 0.15) is 0 Å². The largest absolute Gasteiger partial charge is 0.348 e. The Kier molecular flexibility index (Phi) is 5.14. The summed E-state index contributed by atoms with van der Waals surface area (Å²) in [5.41, 5.74) is 0.365. The topological polar surface area (TPSA) is 66.5 Å². The molecule has 1 aliphatic heterocycles. The minimum atomic E-state index is -3.23. The normalized spacial score (nSPS) is 20.2. The standard InChI is InChI=1S/C13H16Cl2N2O3S/c1-21(19,20)17-4-2-3-12(8-17)16-13(18)9-5-10(14)7-11(15)6-9/h5-7,12H,2-4,8H2,1H3,(H,16,18). The van der Waals surface area contributed by atoms with E-state index in [1.165, 1.54) is 22.7 Å². The monoisotopic (exact) mass is 350 g/mol. The summed E-state index contributed by atoms with van der Waals surface area (Å²) in [5, 5.41) is 3.60. The quantitative estimate of drug-likeness (QED) is 0.907. The van der Waals surface area contributed by atoms with Crippen molar-refractivity contribution in [1.82, 2.24) is 9.62 Å². The first-order valence-corrected chi connectivity index (χ1v) is 9.08. The van der Waals surface area contributed by atoms with Crippen LogP contribution in [0.4, 0.5) is 0 Å². The zero-order valence-electron chi connectivity index (χ0n) is 11.5. The summed E-state index contributed by atoms with van der Waals surface area (Å²) in [6.45, 7) is 0.785. The van der Waals surface area contributed by atoms with E-state index < -0.39 is 10.0 Å². The van der Waals surface area contributed by atoms with Gasteiger partial charge in [0.05, 0.1) is 6.26 Å². The third-order valence-electron chi connectivity index (χ3n) is 3.31. The van der Waals surface area contributed by atoms with Crippen LogP contribution in [-0.4, -0.2) is 44.0 Å². The fourth-order valence-electron chi connectivity index (χ4n) is 2.32. The fourth-order valence-corrected chi connectivity index (χ4v) is 3.75. The Morgan fingerprint density at radius 3 is 2.48 bits per heavy atom. The van der Waals surface area contributed by atoms with Gasteiger partial charge in [0.15, 0.2) is 0 Å². The smallest absolute Gasteiger partial charge is 0.251 e. The number of sulfonamides is 1. The van der Waals surface area contributed by atoms with Crippen molar-refractivity contribution in [3.8, 4) is 0 Å². The molecule has 5 nitrogen and oxygen atoms in total. The van der Waals surface area contributed by atoms with Crippen molar-refractivity contribution in [2.24, 2.45) is 0 Å². The first-order valence-electron chi connectivity index (χ1n) is 6.48. The van der Waals surface area contributed by atoms with Gasteiger partial charge in [-0.2, -0.15) is 0 Å². The second-order valence-corrected chi connectivity index (χ2v) is 7.95. The average molecular weight is 351 g/mol. The van der Waals surface area contributed by atoms with Gasteiger partial charge in [-0.15, -0.1) is 0 Å². The Morgan fingerprint density at radius 1 is 1.29 bits per heavy atom. The number of hydrogen-bond donors (Lipinski definition) is 1. The van der Waals surface area contributed by atoms with Crippen molar-refractivity contribution >= 4 is 39.1 Å². The van der Waals surface area contributed by atoms with E-state index in [1.807, 2.05) is 0 Å². The van der Waals surface area contributed by atoms with Gasteiger partial charge in [-0.1, -0.05) is 23.2 Å². The average Bonchev–Trinajstić information content (AvgIpc) is 2.37. The van der Waals surface area contributed by atoms with Gasteiger partial charge in [0, 0.05) is 34.7 Å². The van der Waals surface area contributed by atoms with E-state index in [2.05, 4.69) is 5.32 Å². The van der Waals surface area contributed by atoms with E-state index in [4.69, 9.17) is 23.2 Å². The molecule has 21 heavy (non-hydrogen) atoms. The molecule has 1 fully saturated rings. The minimum Gasteiger partial charge on any atom is -0.348 e. The zero-order valence-corrected chi connectivity index (χ0v) is 13.8. The molecular weight excluding hydrogens is 335 g/mol. The second-order valence-electron chi connectivity index (χ2n) is 5.09. The summed E-state index contributed by atoms with van der Waals surface area (Å²) in [6.07, 6.45) is 2.63. The number of benzene rings is 1. The van der Waals surface area contributed by atoms with E-state index in [1.54, 1.807) is 6.07 Å². The molecule has 1 atom stereocenters. The molecule has 116 valence electrons. The van der Waals surface area contributed by atoms with Gasteiger partial charge >= 0.3 is 0 Å². The van der Waals surface area contributed by atoms with Crippen LogP contribution in [0.3, 0.4) is 0 Å². The third-order valence-corrected chi connectivity index (χ3v) is 5.02. The van der Waals surface area contributed by atoms with Crippen LogP contribution in [0, 0.1) is 0 Å². The molecule has 8 heteroatoms. The fraction of sp³-hybridized carbons (Fsp3) is 0.462. The number of carbonyl (C=O) groups excluding carboxylic acids is 1. The van der Waals surface area contributed by atoms with Crippen molar-refractivity contribution in [1.29, 1.82) is 0 Å². The minimum absolute atomic E-state index is 0.210. The van der Waals surface area contributed by atoms with Gasteiger partial charge in [0.25, 0.3) is 5.91 Å². The van der Waals surface area contributed by atoms with Gasteiger partial charge in [-0.25, -0.2) is 12.7 Å². The van der Waals surface area contributed by atoms with Gasteiger partial charge in [0.2, 0.25) is 10.0 Å². The molecule has 0 radical (unpaired) electrons. The molecule has 1 amide bonds. The molecule has 0 aliphatic carbocycles. The summed E-state index contributed by atoms with van der Waals surface area (Å²) in [5.74, 6) is -0.306. The lowest BCUT2D eigenvalue weighted by Gasteiger charge is -2.31. The zero-order chi connectivity index (χ0) is 15.6. The Morgan fingerprint density at radius 2 is 1.90 bits per heavy atom. The predicted octanol–water partition coefficient (Wildman–Crippen LogP) is 2.15. The maximum Gasteiger partial charge on any atom is 0.251 e. The molecule has 0 spiro atoms. The highest BCUT2D eigenvalue weighted by molar-refractivity contribution is 7.88. The molecule has 1 saturated heterocycles. The van der Waals surface area contributed by atoms with Crippen molar-refractivity contribution in [2.45, 2.75) is 18.9 Å². The lowest BCUT2D eigenvalue weighted by atomic mass is 10.1. The van der Waals surface area contributed by atoms with Crippen molar-refractivity contribution < 1.29 is 13.2 Å². The van der Waals surface area contributed by atoms with Crippen LogP contribution in [0.2, 0.25) is 10.0 Å². The number of rotatable bonds is 3. The summed E-state index contributed by atoms with van der Waals surface area (Å²) in [6, 6.07) is 4.39. The highest BCUT2D eigenvalue weighted by Gasteiger charge is 2.27. The number of hydrogen-bond acceptors (Lipinski definition) is 3. The molecule has 0 bridgehead atoms. The lowest BCUT2D eigenvalue weighted by molar-refractivity contribution is 0.0921. The summed E-state index contributed by atoms with van der Waals surface area (Å²) in [4.78, 5) is 12.2. The molecular formula is C13H16Cl2N2O3S. The van der Waals surface area contributed by atoms with Gasteiger partial charge in [-0.05, 0) is 31.0 Å². The summed E-state index contributed by atoms with van der Waals surface area (Å²) >= 11 is 11.7. The van der Waals surface area contributed by atoms with Crippen LogP contribution in [0.15, 0.2) is 18.2 Å². The van der Waals surface area contributed by atoms with Crippen LogP contribution in [-0.2, 0) is 10.0 Å². The number of piperidine rings is 1. The number of halogens is 2. The molecule has 1 unspecified atom stereocenters. The summed E-state index contributed by atoms with van der Waals surface area (Å²) < 4.78 is 24.5. The van der Waals surface area contributed by atoms with E-state index in [9.17, 15) is 13.2 Å². The maximum atomic E-state index is 12.2. The Bertz CT molecular complexity index is 629. The highest BCUT2D eigenvalue weighted by atomic mass is 35.5. The van der Waals surface area contributed by atoms with Gasteiger partial charge in [-0.3, -0.25) is 4.79 Å². The third kappa shape index (κ3) is 4.57. The predicted molar refractivity (Wildman–Crippen MR) is 83.4 cm³/mol. The Balaban J connectivity index is 2.05. The number of nitrogens with zero attached hydrogens (tertiary/aromatic N) is 1. The van der Waals surface area contributed by atoms with Crippen molar-refractivity contribution in [3.63, 3.8) is 0 Å². The lowest BCUT2D eigenvalue weighted by Crippen LogP contribution is -2.49. The van der Waals surface area contributed by atoms with E-state index in [-0.39, 0.29) is 11.9 Å². The highest BCUT2D eigenvalue weighted by Crippen LogP contribution is 2.20. The van der Waals surface area contributed by atoms with Gasteiger partial charge < -0.3 is 5.32 Å². The van der Waals surface area contributed by atoms with E-state index in [0.29, 0.717) is 35.1 Å². The number of carbonyl (C=O) groups is 1. The van der Waals surface area contributed by atoms with E-state index >= 15 is 0 Å². The molecule has 1 N–H and O–H groups in total. The molecule has 0 saturated carbocycles. The van der Waals surface area contributed by atoms with Crippen molar-refractivity contribution in [2.75, 3.05) is 19.3 Å². The molecule has 1 aromatic carbocycles. The molecule has 0 aromatic heterocycles. The van der Waals surface area contributed by atoms with Crippen LogP contribution in [0.5, 0.6) is 0 Å². The number of nitrogens with one attached hydrogen (secondary N) is 1. The van der Waals surface area contributed by atoms with Crippen LogP contribution in [0.25, 0.3) is 0 Å². The maximum absolute atomic E-state index is 12.2. The van der Waals surface area contributed by atoms with Crippen molar-refractivity contribution in [3.05, 3.63) is 33.8 Å². The molecule has 2 rings (SSSR count). The van der Waals surface area contributed by atoms with E-state index in [0.717, 1.165) is 6.42 Å². The Hall–Kier alpha value is -0.820. The first-order chi connectivity index (χ1) is 9.75. The number of amides is 1. The van der Waals surface area contributed by atoms with Crippen LogP contribution < -0.4 is 5.32 Å². The Labute approximate surface area is 134 Å². The van der Waals surface area contributed by atoms with Crippen LogP contribution >= 0.6 is 23.2 Å². The first kappa shape index (κ1) is 16.5. The van der Waals surface area contributed by atoms with Crippen LogP contribution in [0.1, 0.15) is 23.2 Å². The summed E-state index contributed by atoms with van der Waals surface area (Å²) in [7, 11) is -3.23. The molecule has 1 heterocycles. The second kappa shape index (κ2) is 6.52. The molecule has 1 aromatic rings. The molecule has 1 aliphatic rings. The SMILES string of the molecule is CS(=O)(=O)N1CCCC(NC(=O)c2cc(Cl)cc(Cl)c2)C1.